The minimum Gasteiger partial charge on any atom is -0.486 e. The molecular formula is C14H17BrO3. The van der Waals surface area contributed by atoms with Crippen LogP contribution < -0.4 is 9.47 Å². The Bertz CT molecular complexity index is 480. The molecule has 0 aromatic heterocycles. The molecule has 3 nitrogen and oxygen atoms in total. The zero-order chi connectivity index (χ0) is 13.3. The van der Waals surface area contributed by atoms with Gasteiger partial charge in [0, 0.05) is 12.0 Å². The van der Waals surface area contributed by atoms with Crippen molar-refractivity contribution < 1.29 is 14.3 Å². The number of hydrogen-bond donors (Lipinski definition) is 0. The quantitative estimate of drug-likeness (QED) is 0.857. The molecule has 0 bridgehead atoms. The molecule has 2 rings (SSSR count). The van der Waals surface area contributed by atoms with E-state index in [4.69, 9.17) is 9.47 Å². The number of carbonyl (C=O) groups is 1. The maximum Gasteiger partial charge on any atom is 0.175 e. The summed E-state index contributed by atoms with van der Waals surface area (Å²) in [6.07, 6.45) is 0.433. The molecule has 18 heavy (non-hydrogen) atoms. The number of hydrogen-bond acceptors (Lipinski definition) is 3. The molecule has 0 amide bonds. The van der Waals surface area contributed by atoms with Gasteiger partial charge in [0.1, 0.15) is 19.0 Å². The number of rotatable bonds is 3. The molecule has 98 valence electrons. The second-order valence-corrected chi connectivity index (χ2v) is 5.67. The van der Waals surface area contributed by atoms with Gasteiger partial charge in [-0.1, -0.05) is 13.8 Å². The first-order valence-electron chi connectivity index (χ1n) is 6.11. The number of ketones is 1. The standard InChI is InChI=1S/C14H17BrO3/c1-8(2)12-10(6-9(3)16)7-11(15)13-14(12)18-5-4-17-13/h7-8H,4-6H2,1-3H3. The molecule has 0 fully saturated rings. The molecule has 1 aromatic carbocycles. The predicted molar refractivity (Wildman–Crippen MR) is 73.6 cm³/mol. The van der Waals surface area contributed by atoms with Crippen molar-refractivity contribution in [3.63, 3.8) is 0 Å². The van der Waals surface area contributed by atoms with Crippen LogP contribution in [0, 0.1) is 0 Å². The lowest BCUT2D eigenvalue weighted by Crippen LogP contribution is -2.18. The molecular weight excluding hydrogens is 296 g/mol. The highest BCUT2D eigenvalue weighted by molar-refractivity contribution is 9.10. The molecule has 0 saturated heterocycles. The largest absolute Gasteiger partial charge is 0.486 e. The lowest BCUT2D eigenvalue weighted by Gasteiger charge is -2.26. The Morgan fingerprint density at radius 2 is 1.94 bits per heavy atom. The summed E-state index contributed by atoms with van der Waals surface area (Å²) in [5, 5.41) is 0. The van der Waals surface area contributed by atoms with Gasteiger partial charge < -0.3 is 9.47 Å². The number of halogens is 1. The average Bonchev–Trinajstić information content (AvgIpc) is 2.27. The molecule has 0 unspecified atom stereocenters. The first kappa shape index (κ1) is 13.4. The summed E-state index contributed by atoms with van der Waals surface area (Å²) >= 11 is 3.49. The third-order valence-corrected chi connectivity index (χ3v) is 3.50. The van der Waals surface area contributed by atoms with E-state index < -0.39 is 0 Å². The van der Waals surface area contributed by atoms with Gasteiger partial charge in [-0.3, -0.25) is 4.79 Å². The van der Waals surface area contributed by atoms with Crippen LogP contribution in [0.5, 0.6) is 11.5 Å². The van der Waals surface area contributed by atoms with Crippen molar-refractivity contribution >= 4 is 21.7 Å². The van der Waals surface area contributed by atoms with Gasteiger partial charge in [-0.05, 0) is 40.4 Å². The molecule has 0 radical (unpaired) electrons. The molecule has 1 aromatic rings. The third-order valence-electron chi connectivity index (χ3n) is 2.91. The van der Waals surface area contributed by atoms with Crippen LogP contribution in [0.3, 0.4) is 0 Å². The van der Waals surface area contributed by atoms with E-state index in [9.17, 15) is 4.79 Å². The predicted octanol–water partition coefficient (Wildman–Crippen LogP) is 3.48. The molecule has 0 spiro atoms. The number of Topliss-reactive ketones (excluding diaryl/α,β-unsaturated/α-hetero) is 1. The van der Waals surface area contributed by atoms with E-state index in [0.717, 1.165) is 27.1 Å². The summed E-state index contributed by atoms with van der Waals surface area (Å²) in [6, 6.07) is 1.98. The maximum absolute atomic E-state index is 11.4. The summed E-state index contributed by atoms with van der Waals surface area (Å²) in [4.78, 5) is 11.4. The molecule has 1 heterocycles. The van der Waals surface area contributed by atoms with Gasteiger partial charge in [-0.2, -0.15) is 0 Å². The Balaban J connectivity index is 2.59. The van der Waals surface area contributed by atoms with Crippen molar-refractivity contribution in [1.82, 2.24) is 0 Å². The van der Waals surface area contributed by atoms with Crippen LogP contribution in [-0.4, -0.2) is 19.0 Å². The van der Waals surface area contributed by atoms with Crippen molar-refractivity contribution in [3.05, 3.63) is 21.7 Å². The molecule has 0 aliphatic carbocycles. The average molecular weight is 313 g/mol. The lowest BCUT2D eigenvalue weighted by atomic mass is 9.92. The van der Waals surface area contributed by atoms with E-state index in [2.05, 4.69) is 29.8 Å². The van der Waals surface area contributed by atoms with Gasteiger partial charge in [0.15, 0.2) is 11.5 Å². The zero-order valence-electron chi connectivity index (χ0n) is 10.9. The van der Waals surface area contributed by atoms with Gasteiger partial charge in [0.2, 0.25) is 0 Å². The van der Waals surface area contributed by atoms with E-state index in [1.807, 2.05) is 6.07 Å². The van der Waals surface area contributed by atoms with E-state index in [1.165, 1.54) is 0 Å². The fourth-order valence-electron chi connectivity index (χ4n) is 2.29. The highest BCUT2D eigenvalue weighted by atomic mass is 79.9. The fraction of sp³-hybridized carbons (Fsp3) is 0.500. The summed E-state index contributed by atoms with van der Waals surface area (Å²) in [5.41, 5.74) is 2.11. The van der Waals surface area contributed by atoms with E-state index in [0.29, 0.717) is 25.6 Å². The minimum absolute atomic E-state index is 0.153. The SMILES string of the molecule is CC(=O)Cc1cc(Br)c2c(c1C(C)C)OCCO2. The smallest absolute Gasteiger partial charge is 0.175 e. The van der Waals surface area contributed by atoms with E-state index in [-0.39, 0.29) is 5.78 Å². The van der Waals surface area contributed by atoms with Crippen molar-refractivity contribution in [2.24, 2.45) is 0 Å². The van der Waals surface area contributed by atoms with Crippen molar-refractivity contribution in [2.75, 3.05) is 13.2 Å². The third kappa shape index (κ3) is 2.53. The van der Waals surface area contributed by atoms with Gasteiger partial charge in [-0.15, -0.1) is 0 Å². The Morgan fingerprint density at radius 1 is 1.33 bits per heavy atom. The fourth-order valence-corrected chi connectivity index (χ4v) is 2.86. The summed E-state index contributed by atoms with van der Waals surface area (Å²) < 4.78 is 12.3. The Hall–Kier alpha value is -1.03. The highest BCUT2D eigenvalue weighted by Gasteiger charge is 2.24. The Kier molecular flexibility index (Phi) is 3.95. The second-order valence-electron chi connectivity index (χ2n) is 4.82. The van der Waals surface area contributed by atoms with E-state index >= 15 is 0 Å². The Labute approximate surface area is 116 Å². The number of ether oxygens (including phenoxy) is 2. The van der Waals surface area contributed by atoms with Gasteiger partial charge in [0.25, 0.3) is 0 Å². The van der Waals surface area contributed by atoms with Crippen LogP contribution in [0.1, 0.15) is 37.8 Å². The summed E-state index contributed by atoms with van der Waals surface area (Å²) in [5.74, 6) is 2.00. The lowest BCUT2D eigenvalue weighted by molar-refractivity contribution is -0.116. The second kappa shape index (κ2) is 5.31. The van der Waals surface area contributed by atoms with Crippen molar-refractivity contribution in [2.45, 2.75) is 33.1 Å². The molecule has 1 aliphatic heterocycles. The van der Waals surface area contributed by atoms with Gasteiger partial charge in [-0.25, -0.2) is 0 Å². The van der Waals surface area contributed by atoms with Crippen LogP contribution in [0.2, 0.25) is 0 Å². The first-order valence-corrected chi connectivity index (χ1v) is 6.90. The molecule has 0 N–H and O–H groups in total. The maximum atomic E-state index is 11.4. The first-order chi connectivity index (χ1) is 8.50. The van der Waals surface area contributed by atoms with Crippen LogP contribution in [0.15, 0.2) is 10.5 Å². The molecule has 4 heteroatoms. The van der Waals surface area contributed by atoms with Gasteiger partial charge >= 0.3 is 0 Å². The van der Waals surface area contributed by atoms with Crippen LogP contribution >= 0.6 is 15.9 Å². The normalized spacial score (nSPS) is 13.8. The molecule has 0 saturated carbocycles. The van der Waals surface area contributed by atoms with Gasteiger partial charge in [0.05, 0.1) is 4.47 Å². The van der Waals surface area contributed by atoms with E-state index in [1.54, 1.807) is 6.92 Å². The minimum atomic E-state index is 0.153. The van der Waals surface area contributed by atoms with Crippen LogP contribution in [-0.2, 0) is 11.2 Å². The summed E-state index contributed by atoms with van der Waals surface area (Å²) in [7, 11) is 0. The zero-order valence-corrected chi connectivity index (χ0v) is 12.5. The number of carbonyl (C=O) groups excluding carboxylic acids is 1. The van der Waals surface area contributed by atoms with Crippen LogP contribution in [0.4, 0.5) is 0 Å². The number of fused-ring (bicyclic) bond motifs is 1. The molecule has 0 atom stereocenters. The van der Waals surface area contributed by atoms with Crippen LogP contribution in [0.25, 0.3) is 0 Å². The van der Waals surface area contributed by atoms with Crippen molar-refractivity contribution in [1.29, 1.82) is 0 Å². The summed E-state index contributed by atoms with van der Waals surface area (Å²) in [6.45, 7) is 6.93. The molecule has 1 aliphatic rings. The Morgan fingerprint density at radius 3 is 2.50 bits per heavy atom. The topological polar surface area (TPSA) is 35.5 Å². The monoisotopic (exact) mass is 312 g/mol. The number of benzene rings is 1. The highest BCUT2D eigenvalue weighted by Crippen LogP contribution is 2.45. The van der Waals surface area contributed by atoms with Crippen molar-refractivity contribution in [3.8, 4) is 11.5 Å².